The lowest BCUT2D eigenvalue weighted by Crippen LogP contribution is -2.12. The first kappa shape index (κ1) is 33.7. The number of terminal acetylenes is 1. The molecule has 0 amide bonds. The molecule has 47 heavy (non-hydrogen) atoms. The summed E-state index contributed by atoms with van der Waals surface area (Å²) in [6, 6.07) is 35.7. The lowest BCUT2D eigenvalue weighted by molar-refractivity contribution is 0.704. The van der Waals surface area contributed by atoms with Crippen LogP contribution in [0.4, 0.5) is 0 Å². The van der Waals surface area contributed by atoms with Gasteiger partial charge in [-0.15, -0.1) is 12.8 Å². The molecular weight excluding hydrogens is 569 g/mol. The van der Waals surface area contributed by atoms with Gasteiger partial charge in [0.15, 0.2) is 0 Å². The van der Waals surface area contributed by atoms with Crippen molar-refractivity contribution in [2.75, 3.05) is 0 Å². The maximum atomic E-state index is 4.07. The van der Waals surface area contributed by atoms with Crippen LogP contribution in [0, 0.1) is 12.8 Å². The monoisotopic (exact) mass is 608 g/mol. The summed E-state index contributed by atoms with van der Waals surface area (Å²) in [5.41, 5.74) is 17.7. The molecule has 0 saturated carbocycles. The van der Waals surface area contributed by atoms with Crippen molar-refractivity contribution in [2.45, 2.75) is 20.8 Å². The Labute approximate surface area is 279 Å². The fourth-order valence-electron chi connectivity index (χ4n) is 5.88. The number of hydrogen-bond donors (Lipinski definition) is 0. The maximum absolute atomic E-state index is 4.07. The second-order valence-corrected chi connectivity index (χ2v) is 10.1. The summed E-state index contributed by atoms with van der Waals surface area (Å²) in [6.07, 6.45) is 19.8. The highest BCUT2D eigenvalue weighted by atomic mass is 15.5. The van der Waals surface area contributed by atoms with Crippen LogP contribution in [0.25, 0.3) is 62.8 Å². The van der Waals surface area contributed by atoms with Crippen molar-refractivity contribution in [3.8, 4) is 24.0 Å². The molecule has 1 aliphatic rings. The standard InChI is InChI=1S/C24H16N2.C17H16.C2H6.C2H2/c1-3-17-18-11-5-8-14-22(18)25(21(17)4-2)26-23-15-9-6-12-19(23)20-13-7-10-16-24(20)26;1-3-14(4-2)16-12-8-9-13-17(16)15-10-6-5-7-11-15;2*1-2/h3-6,8-9,11-16H,1-2H2;3-13H,1H2,2H3;1-2H3;1-2H/b;14-4+;;. The third kappa shape index (κ3) is 6.46. The molecule has 0 aliphatic heterocycles. The lowest BCUT2D eigenvalue weighted by Gasteiger charge is -2.15. The highest BCUT2D eigenvalue weighted by Gasteiger charge is 2.21. The number of hydrogen-bond acceptors (Lipinski definition) is 0. The average molecular weight is 609 g/mol. The number of rotatable bonds is 6. The number of allylic oxidation sites excluding steroid dienone is 3. The van der Waals surface area contributed by atoms with Gasteiger partial charge in [0.2, 0.25) is 0 Å². The molecule has 0 N–H and O–H groups in total. The summed E-state index contributed by atoms with van der Waals surface area (Å²) in [4.78, 5) is 0. The second-order valence-electron chi connectivity index (χ2n) is 10.1. The molecule has 0 radical (unpaired) electrons. The van der Waals surface area contributed by atoms with Gasteiger partial charge in [0.1, 0.15) is 0 Å². The second kappa shape index (κ2) is 16.2. The summed E-state index contributed by atoms with van der Waals surface area (Å²) in [6.45, 7) is 18.0. The van der Waals surface area contributed by atoms with Crippen LogP contribution in [0.2, 0.25) is 0 Å². The van der Waals surface area contributed by atoms with E-state index in [1.165, 1.54) is 27.6 Å². The molecule has 2 heteroatoms. The Morgan fingerprint density at radius 1 is 0.660 bits per heavy atom. The van der Waals surface area contributed by atoms with Gasteiger partial charge in [0.05, 0.1) is 22.4 Å². The number of fused-ring (bicyclic) bond motifs is 4. The van der Waals surface area contributed by atoms with E-state index in [2.05, 4.69) is 157 Å². The topological polar surface area (TPSA) is 9.86 Å². The van der Waals surface area contributed by atoms with E-state index in [4.69, 9.17) is 0 Å². The Kier molecular flexibility index (Phi) is 11.6. The Morgan fingerprint density at radius 3 is 1.87 bits per heavy atom. The number of benzene rings is 4. The molecule has 0 bridgehead atoms. The van der Waals surface area contributed by atoms with E-state index in [0.29, 0.717) is 0 Å². The van der Waals surface area contributed by atoms with Crippen molar-refractivity contribution in [1.82, 2.24) is 9.35 Å². The van der Waals surface area contributed by atoms with Crippen LogP contribution < -0.4 is 0 Å². The fourth-order valence-corrected chi connectivity index (χ4v) is 5.88. The first-order valence-electron chi connectivity index (χ1n) is 15.7. The van der Waals surface area contributed by atoms with E-state index in [-0.39, 0.29) is 0 Å². The van der Waals surface area contributed by atoms with Crippen LogP contribution >= 0.6 is 0 Å². The van der Waals surface area contributed by atoms with Crippen molar-refractivity contribution in [2.24, 2.45) is 0 Å². The van der Waals surface area contributed by atoms with Gasteiger partial charge in [-0.05, 0) is 53.5 Å². The zero-order valence-corrected chi connectivity index (χ0v) is 27.4. The van der Waals surface area contributed by atoms with E-state index in [1.54, 1.807) is 0 Å². The van der Waals surface area contributed by atoms with Gasteiger partial charge in [-0.1, -0.05) is 154 Å². The number of para-hydroxylation sites is 2. The third-order valence-electron chi connectivity index (χ3n) is 7.81. The molecule has 2 nitrogen and oxygen atoms in total. The number of nitrogens with zero attached hydrogens (tertiary/aromatic N) is 2. The van der Waals surface area contributed by atoms with Crippen molar-refractivity contribution in [3.63, 3.8) is 0 Å². The van der Waals surface area contributed by atoms with E-state index in [1.807, 2.05) is 57.2 Å². The molecule has 230 valence electrons. The predicted molar refractivity (Wildman–Crippen MR) is 208 cm³/mol. The summed E-state index contributed by atoms with van der Waals surface area (Å²) in [5.74, 6) is 0. The molecule has 0 spiro atoms. The van der Waals surface area contributed by atoms with Gasteiger partial charge in [-0.3, -0.25) is 0 Å². The number of aromatic nitrogens is 2. The van der Waals surface area contributed by atoms with Gasteiger partial charge in [0.25, 0.3) is 0 Å². The molecule has 2 heterocycles. The van der Waals surface area contributed by atoms with Gasteiger partial charge in [-0.25, -0.2) is 9.35 Å². The van der Waals surface area contributed by atoms with Crippen molar-refractivity contribution < 1.29 is 0 Å². The normalized spacial score (nSPS) is 10.9. The van der Waals surface area contributed by atoms with E-state index in [0.717, 1.165) is 38.9 Å². The minimum Gasteiger partial charge on any atom is -0.248 e. The first-order chi connectivity index (χ1) is 23.2. The molecule has 0 atom stereocenters. The molecule has 2 aromatic heterocycles. The Morgan fingerprint density at radius 2 is 1.23 bits per heavy atom. The van der Waals surface area contributed by atoms with Crippen LogP contribution in [0.5, 0.6) is 0 Å². The molecule has 4 aromatic carbocycles. The maximum Gasteiger partial charge on any atom is 0.0806 e. The molecule has 0 saturated heterocycles. The summed E-state index contributed by atoms with van der Waals surface area (Å²) in [5, 5.41) is 2.36. The molecule has 7 rings (SSSR count). The Bertz CT molecular complexity index is 2200. The van der Waals surface area contributed by atoms with Gasteiger partial charge < -0.3 is 0 Å². The van der Waals surface area contributed by atoms with Crippen LogP contribution in [-0.4, -0.2) is 9.35 Å². The Hall–Kier alpha value is -6.22. The quantitative estimate of drug-likeness (QED) is 0.101. The Balaban J connectivity index is 0.000000207. The summed E-state index contributed by atoms with van der Waals surface area (Å²) in [7, 11) is 0. The van der Waals surface area contributed by atoms with E-state index < -0.39 is 0 Å². The van der Waals surface area contributed by atoms with Gasteiger partial charge >= 0.3 is 0 Å². The molecule has 6 aromatic rings. The first-order valence-corrected chi connectivity index (χ1v) is 15.7. The van der Waals surface area contributed by atoms with Crippen molar-refractivity contribution >= 4 is 51.7 Å². The molecule has 1 aliphatic carbocycles. The summed E-state index contributed by atoms with van der Waals surface area (Å²) >= 11 is 0. The fraction of sp³-hybridized carbons (Fsp3) is 0.0667. The summed E-state index contributed by atoms with van der Waals surface area (Å²) < 4.78 is 4.46. The molecular formula is C45H40N2. The van der Waals surface area contributed by atoms with Gasteiger partial charge in [0, 0.05) is 28.0 Å². The van der Waals surface area contributed by atoms with Crippen LogP contribution in [0.1, 0.15) is 48.8 Å². The van der Waals surface area contributed by atoms with Gasteiger partial charge in [-0.2, -0.15) is 0 Å². The van der Waals surface area contributed by atoms with Crippen LogP contribution in [0.15, 0.2) is 146 Å². The minimum atomic E-state index is 1.02. The van der Waals surface area contributed by atoms with E-state index >= 15 is 0 Å². The largest absolute Gasteiger partial charge is 0.248 e. The highest BCUT2D eigenvalue weighted by Crippen LogP contribution is 2.35. The van der Waals surface area contributed by atoms with Crippen LogP contribution in [-0.2, 0) is 0 Å². The minimum absolute atomic E-state index is 1.02. The predicted octanol–water partition coefficient (Wildman–Crippen LogP) is 12.2. The smallest absolute Gasteiger partial charge is 0.0806 e. The van der Waals surface area contributed by atoms with Crippen molar-refractivity contribution in [1.29, 1.82) is 0 Å². The molecule has 0 unspecified atom stereocenters. The van der Waals surface area contributed by atoms with Crippen LogP contribution in [0.3, 0.4) is 0 Å². The highest BCUT2D eigenvalue weighted by molar-refractivity contribution is 5.97. The average Bonchev–Trinajstić information content (AvgIpc) is 3.66. The lowest BCUT2D eigenvalue weighted by atomic mass is 9.94. The van der Waals surface area contributed by atoms with E-state index in [9.17, 15) is 0 Å². The third-order valence-corrected chi connectivity index (χ3v) is 7.81. The zero-order chi connectivity index (χ0) is 33.8. The SMILES string of the molecule is C#C.C=C/C(=C\C)c1ccccc1-c1ccccc1.C=Cc1c(C=C)n(-n2c3c(c4ccccc42)C=C=C=C3)c2ccccc12.CC. The van der Waals surface area contributed by atoms with Crippen molar-refractivity contribution in [3.05, 3.63) is 175 Å². The zero-order valence-electron chi connectivity index (χ0n) is 27.4. The molecule has 0 fully saturated rings.